The highest BCUT2D eigenvalue weighted by molar-refractivity contribution is 5.80. The third kappa shape index (κ3) is 1.50. The van der Waals surface area contributed by atoms with Gasteiger partial charge >= 0.3 is 0 Å². The molecule has 0 bridgehead atoms. The molecule has 1 aliphatic rings. The molecule has 3 N–H and O–H groups in total. The molecule has 0 aliphatic carbocycles. The average molecular weight is 216 g/mol. The second-order valence-electron chi connectivity index (χ2n) is 4.68. The van der Waals surface area contributed by atoms with Crippen LogP contribution in [-0.4, -0.2) is 23.1 Å². The number of nitrogen functional groups attached to an aromatic ring is 1. The van der Waals surface area contributed by atoms with Crippen LogP contribution >= 0.6 is 0 Å². The third-order valence-corrected chi connectivity index (χ3v) is 3.22. The van der Waals surface area contributed by atoms with Gasteiger partial charge in [-0.25, -0.2) is 4.98 Å². The predicted molar refractivity (Wildman–Crippen MR) is 66.5 cm³/mol. The summed E-state index contributed by atoms with van der Waals surface area (Å²) < 4.78 is 0. The maximum absolute atomic E-state index is 5.75. The van der Waals surface area contributed by atoms with Crippen LogP contribution in [-0.2, 0) is 0 Å². The van der Waals surface area contributed by atoms with Gasteiger partial charge in [-0.3, -0.25) is 0 Å². The molecule has 1 atom stereocenters. The highest BCUT2D eigenvalue weighted by atomic mass is 15.3. The molecule has 0 radical (unpaired) electrons. The van der Waals surface area contributed by atoms with E-state index in [1.54, 1.807) is 0 Å². The van der Waals surface area contributed by atoms with Crippen molar-refractivity contribution in [1.82, 2.24) is 9.97 Å². The zero-order valence-electron chi connectivity index (χ0n) is 9.40. The monoisotopic (exact) mass is 216 g/mol. The lowest BCUT2D eigenvalue weighted by Gasteiger charge is -2.13. The number of aromatic amines is 1. The van der Waals surface area contributed by atoms with Gasteiger partial charge in [0.2, 0.25) is 5.95 Å². The summed E-state index contributed by atoms with van der Waals surface area (Å²) in [5.74, 6) is 1.74. The van der Waals surface area contributed by atoms with Crippen LogP contribution in [0.15, 0.2) is 18.2 Å². The van der Waals surface area contributed by atoms with Crippen molar-refractivity contribution in [1.29, 1.82) is 0 Å². The number of fused-ring (bicyclic) bond motifs is 1. The quantitative estimate of drug-likeness (QED) is 0.717. The first-order chi connectivity index (χ1) is 7.72. The van der Waals surface area contributed by atoms with Crippen LogP contribution < -0.4 is 10.6 Å². The fourth-order valence-corrected chi connectivity index (χ4v) is 2.29. The molecule has 3 rings (SSSR count). The second-order valence-corrected chi connectivity index (χ2v) is 4.68. The van der Waals surface area contributed by atoms with Gasteiger partial charge in [0.05, 0.1) is 11.0 Å². The molecule has 1 unspecified atom stereocenters. The Morgan fingerprint density at radius 2 is 2.38 bits per heavy atom. The Bertz CT molecular complexity index is 517. The van der Waals surface area contributed by atoms with Crippen molar-refractivity contribution in [2.24, 2.45) is 5.92 Å². The fraction of sp³-hybridized carbons (Fsp3) is 0.417. The number of rotatable bonds is 1. The summed E-state index contributed by atoms with van der Waals surface area (Å²) in [7, 11) is 0. The molecule has 1 aromatic heterocycles. The van der Waals surface area contributed by atoms with Gasteiger partial charge in [0.15, 0.2) is 0 Å². The Balaban J connectivity index is 1.99. The summed E-state index contributed by atoms with van der Waals surface area (Å²) in [6.45, 7) is 4.46. The molecule has 84 valence electrons. The third-order valence-electron chi connectivity index (χ3n) is 3.22. The van der Waals surface area contributed by atoms with E-state index in [9.17, 15) is 0 Å². The van der Waals surface area contributed by atoms with Gasteiger partial charge in [-0.15, -0.1) is 0 Å². The lowest BCUT2D eigenvalue weighted by Crippen LogP contribution is -2.20. The molecular weight excluding hydrogens is 200 g/mol. The van der Waals surface area contributed by atoms with Crippen molar-refractivity contribution in [2.75, 3.05) is 23.7 Å². The minimum atomic E-state index is 0.762. The molecule has 0 spiro atoms. The average Bonchev–Trinajstić information content (AvgIpc) is 2.83. The van der Waals surface area contributed by atoms with Crippen molar-refractivity contribution in [3.8, 4) is 0 Å². The van der Waals surface area contributed by atoms with Crippen LogP contribution in [0.1, 0.15) is 13.3 Å². The normalized spacial score (nSPS) is 20.8. The maximum Gasteiger partial charge on any atom is 0.203 e. The van der Waals surface area contributed by atoms with Crippen LogP contribution in [0.2, 0.25) is 0 Å². The van der Waals surface area contributed by atoms with Gasteiger partial charge in [0, 0.05) is 18.8 Å². The van der Waals surface area contributed by atoms with Crippen molar-refractivity contribution >= 4 is 22.7 Å². The van der Waals surface area contributed by atoms with E-state index >= 15 is 0 Å². The Morgan fingerprint density at radius 3 is 3.12 bits per heavy atom. The summed E-state index contributed by atoms with van der Waals surface area (Å²) >= 11 is 0. The first kappa shape index (κ1) is 9.51. The smallest absolute Gasteiger partial charge is 0.203 e. The van der Waals surface area contributed by atoms with Crippen molar-refractivity contribution in [3.63, 3.8) is 0 Å². The van der Waals surface area contributed by atoms with E-state index in [-0.39, 0.29) is 0 Å². The lowest BCUT2D eigenvalue weighted by molar-refractivity contribution is 0.658. The largest absolute Gasteiger partial charge is 0.399 e. The van der Waals surface area contributed by atoms with Crippen LogP contribution in [0.4, 0.5) is 11.6 Å². The number of nitrogens with two attached hydrogens (primary N) is 1. The number of hydrogen-bond donors (Lipinski definition) is 2. The van der Waals surface area contributed by atoms with E-state index in [1.165, 1.54) is 6.42 Å². The van der Waals surface area contributed by atoms with Gasteiger partial charge in [-0.1, -0.05) is 6.92 Å². The first-order valence-electron chi connectivity index (χ1n) is 5.72. The molecule has 1 aromatic carbocycles. The molecule has 0 saturated carbocycles. The molecular formula is C12H16N4. The molecule has 4 nitrogen and oxygen atoms in total. The number of aromatic nitrogens is 2. The zero-order chi connectivity index (χ0) is 11.1. The Kier molecular flexibility index (Phi) is 2.02. The highest BCUT2D eigenvalue weighted by Gasteiger charge is 2.21. The zero-order valence-corrected chi connectivity index (χ0v) is 9.40. The minimum Gasteiger partial charge on any atom is -0.399 e. The Morgan fingerprint density at radius 1 is 1.50 bits per heavy atom. The van der Waals surface area contributed by atoms with Crippen molar-refractivity contribution in [2.45, 2.75) is 13.3 Å². The number of nitrogens with zero attached hydrogens (tertiary/aromatic N) is 2. The molecule has 4 heteroatoms. The topological polar surface area (TPSA) is 57.9 Å². The number of anilines is 2. The van der Waals surface area contributed by atoms with E-state index in [0.717, 1.165) is 41.7 Å². The van der Waals surface area contributed by atoms with Gasteiger partial charge in [-0.05, 0) is 30.5 Å². The summed E-state index contributed by atoms with van der Waals surface area (Å²) in [4.78, 5) is 10.2. The number of imidazole rings is 1. The van der Waals surface area contributed by atoms with Gasteiger partial charge in [-0.2, -0.15) is 0 Å². The number of H-pyrrole nitrogens is 1. The van der Waals surface area contributed by atoms with E-state index in [1.807, 2.05) is 18.2 Å². The Hall–Kier alpha value is -1.71. The maximum atomic E-state index is 5.75. The molecule has 1 aliphatic heterocycles. The SMILES string of the molecule is CC1CCN(c2nc3ccc(N)cc3[nH]2)C1. The Labute approximate surface area is 94.5 Å². The van der Waals surface area contributed by atoms with E-state index in [0.29, 0.717) is 0 Å². The summed E-state index contributed by atoms with van der Waals surface area (Å²) in [5.41, 5.74) is 8.54. The number of benzene rings is 1. The molecule has 1 saturated heterocycles. The molecule has 0 amide bonds. The summed E-state index contributed by atoms with van der Waals surface area (Å²) in [6, 6.07) is 5.79. The van der Waals surface area contributed by atoms with Crippen molar-refractivity contribution < 1.29 is 0 Å². The standard InChI is InChI=1S/C12H16N4/c1-8-4-5-16(7-8)12-14-10-3-2-9(13)6-11(10)15-12/h2-3,6,8H,4-5,7,13H2,1H3,(H,14,15). The number of hydrogen-bond acceptors (Lipinski definition) is 3. The van der Waals surface area contributed by atoms with Crippen LogP contribution in [0, 0.1) is 5.92 Å². The van der Waals surface area contributed by atoms with Gasteiger partial charge in [0.25, 0.3) is 0 Å². The first-order valence-corrected chi connectivity index (χ1v) is 5.72. The van der Waals surface area contributed by atoms with E-state index in [4.69, 9.17) is 5.73 Å². The van der Waals surface area contributed by atoms with Gasteiger partial charge < -0.3 is 15.6 Å². The summed E-state index contributed by atoms with van der Waals surface area (Å²) in [5, 5.41) is 0. The van der Waals surface area contributed by atoms with Crippen LogP contribution in [0.3, 0.4) is 0 Å². The van der Waals surface area contributed by atoms with Crippen molar-refractivity contribution in [3.05, 3.63) is 18.2 Å². The summed E-state index contributed by atoms with van der Waals surface area (Å²) in [6.07, 6.45) is 1.25. The number of nitrogens with one attached hydrogen (secondary N) is 1. The predicted octanol–water partition coefficient (Wildman–Crippen LogP) is 1.99. The fourth-order valence-electron chi connectivity index (χ4n) is 2.29. The second kappa shape index (κ2) is 3.40. The lowest BCUT2D eigenvalue weighted by atomic mass is 10.2. The van der Waals surface area contributed by atoms with Crippen LogP contribution in [0.25, 0.3) is 11.0 Å². The highest BCUT2D eigenvalue weighted by Crippen LogP contribution is 2.24. The van der Waals surface area contributed by atoms with E-state index in [2.05, 4.69) is 21.8 Å². The van der Waals surface area contributed by atoms with E-state index < -0.39 is 0 Å². The van der Waals surface area contributed by atoms with Gasteiger partial charge in [0.1, 0.15) is 0 Å². The van der Waals surface area contributed by atoms with Crippen LogP contribution in [0.5, 0.6) is 0 Å². The molecule has 16 heavy (non-hydrogen) atoms. The minimum absolute atomic E-state index is 0.762. The molecule has 2 aromatic rings. The molecule has 1 fully saturated rings. The molecule has 2 heterocycles.